The van der Waals surface area contributed by atoms with Crippen LogP contribution in [-0.4, -0.2) is 47.1 Å². The molecule has 0 radical (unpaired) electrons. The third-order valence-corrected chi connectivity index (χ3v) is 6.95. The van der Waals surface area contributed by atoms with Gasteiger partial charge in [-0.15, -0.1) is 11.6 Å². The van der Waals surface area contributed by atoms with E-state index in [-0.39, 0.29) is 29.0 Å². The Morgan fingerprint density at radius 3 is 2.43 bits per heavy atom. The number of ether oxygens (including phenoxy) is 1. The van der Waals surface area contributed by atoms with Crippen LogP contribution in [-0.2, 0) is 4.74 Å². The fourth-order valence-electron chi connectivity index (χ4n) is 4.86. The standard InChI is InChI=1S/C18H31ClN2O2/c1-11-7-13-10-14(8-11)21(13)17(22)20-12-5-6-16(19)15(9-12)18(2,3)23-4/h11-16H,5-10H2,1-4H3,(H,20,22). The number of amides is 2. The molecule has 2 saturated heterocycles. The number of piperidine rings is 1. The number of rotatable bonds is 3. The van der Waals surface area contributed by atoms with Crippen molar-refractivity contribution in [3.05, 3.63) is 0 Å². The fraction of sp³-hybridized carbons (Fsp3) is 0.944. The van der Waals surface area contributed by atoms with Gasteiger partial charge in [-0.3, -0.25) is 0 Å². The number of methoxy groups -OCH3 is 1. The maximum Gasteiger partial charge on any atom is 0.318 e. The number of hydrogen-bond acceptors (Lipinski definition) is 2. The van der Waals surface area contributed by atoms with E-state index in [0.29, 0.717) is 12.1 Å². The van der Waals surface area contributed by atoms with Crippen molar-refractivity contribution in [2.75, 3.05) is 7.11 Å². The molecule has 2 bridgehead atoms. The minimum Gasteiger partial charge on any atom is -0.378 e. The van der Waals surface area contributed by atoms with Gasteiger partial charge in [0.05, 0.1) is 5.60 Å². The molecule has 0 spiro atoms. The van der Waals surface area contributed by atoms with Gasteiger partial charge in [0.15, 0.2) is 0 Å². The highest BCUT2D eigenvalue weighted by Crippen LogP contribution is 2.42. The Balaban J connectivity index is 1.57. The summed E-state index contributed by atoms with van der Waals surface area (Å²) in [5, 5.41) is 3.41. The molecule has 2 amide bonds. The maximum absolute atomic E-state index is 12.7. The molecular formula is C18H31ClN2O2. The smallest absolute Gasteiger partial charge is 0.318 e. The van der Waals surface area contributed by atoms with Crippen LogP contribution in [0.5, 0.6) is 0 Å². The second kappa shape index (κ2) is 6.44. The highest BCUT2D eigenvalue weighted by molar-refractivity contribution is 6.20. The Labute approximate surface area is 145 Å². The molecular weight excluding hydrogens is 312 g/mol. The number of urea groups is 1. The minimum absolute atomic E-state index is 0.127. The summed E-state index contributed by atoms with van der Waals surface area (Å²) >= 11 is 6.54. The van der Waals surface area contributed by atoms with E-state index in [9.17, 15) is 4.79 Å². The monoisotopic (exact) mass is 342 g/mol. The van der Waals surface area contributed by atoms with Gasteiger partial charge in [-0.2, -0.15) is 0 Å². The molecule has 23 heavy (non-hydrogen) atoms. The summed E-state index contributed by atoms with van der Waals surface area (Å²) in [6.07, 6.45) is 6.34. The minimum atomic E-state index is -0.251. The SMILES string of the molecule is COC(C)(C)C1CC(NC(=O)N2C3CC(C)CC2C3)CCC1Cl. The molecule has 5 unspecified atom stereocenters. The van der Waals surface area contributed by atoms with Crippen LogP contribution in [0.25, 0.3) is 0 Å². The van der Waals surface area contributed by atoms with Crippen molar-refractivity contribution in [3.63, 3.8) is 0 Å². The van der Waals surface area contributed by atoms with Crippen LogP contribution in [0.15, 0.2) is 0 Å². The first-order valence-electron chi connectivity index (χ1n) is 9.10. The van der Waals surface area contributed by atoms with Crippen LogP contribution >= 0.6 is 11.6 Å². The molecule has 1 N–H and O–H groups in total. The van der Waals surface area contributed by atoms with E-state index in [1.807, 2.05) is 0 Å². The van der Waals surface area contributed by atoms with E-state index >= 15 is 0 Å². The zero-order chi connectivity index (χ0) is 16.8. The Hall–Kier alpha value is -0.480. The van der Waals surface area contributed by atoms with Crippen LogP contribution in [0, 0.1) is 11.8 Å². The highest BCUT2D eigenvalue weighted by atomic mass is 35.5. The van der Waals surface area contributed by atoms with Gasteiger partial charge in [0.1, 0.15) is 0 Å². The van der Waals surface area contributed by atoms with Gasteiger partial charge >= 0.3 is 6.03 Å². The van der Waals surface area contributed by atoms with E-state index < -0.39 is 0 Å². The van der Waals surface area contributed by atoms with Gasteiger partial charge in [0.25, 0.3) is 0 Å². The van der Waals surface area contributed by atoms with Crippen molar-refractivity contribution in [2.45, 2.75) is 88.4 Å². The largest absolute Gasteiger partial charge is 0.378 e. The fourth-order valence-corrected chi connectivity index (χ4v) is 5.39. The first kappa shape index (κ1) is 17.3. The molecule has 5 atom stereocenters. The average molecular weight is 343 g/mol. The molecule has 5 heteroatoms. The van der Waals surface area contributed by atoms with Crippen molar-refractivity contribution in [3.8, 4) is 0 Å². The summed E-state index contributed by atoms with van der Waals surface area (Å²) in [7, 11) is 1.74. The number of nitrogens with zero attached hydrogens (tertiary/aromatic N) is 1. The normalized spacial score (nSPS) is 40.5. The Morgan fingerprint density at radius 2 is 1.83 bits per heavy atom. The topological polar surface area (TPSA) is 41.6 Å². The van der Waals surface area contributed by atoms with E-state index in [2.05, 4.69) is 31.0 Å². The zero-order valence-electron chi connectivity index (χ0n) is 14.8. The van der Waals surface area contributed by atoms with Crippen LogP contribution < -0.4 is 5.32 Å². The highest BCUT2D eigenvalue weighted by Gasteiger charge is 2.47. The summed E-state index contributed by atoms with van der Waals surface area (Å²) < 4.78 is 5.65. The van der Waals surface area contributed by atoms with Gasteiger partial charge in [-0.1, -0.05) is 6.92 Å². The Bertz CT molecular complexity index is 444. The lowest BCUT2D eigenvalue weighted by molar-refractivity contribution is -0.0436. The second-order valence-electron chi connectivity index (χ2n) is 8.42. The Kier molecular flexibility index (Phi) is 4.85. The number of hydrogen-bond donors (Lipinski definition) is 1. The number of halogens is 1. The maximum atomic E-state index is 12.7. The molecule has 1 saturated carbocycles. The van der Waals surface area contributed by atoms with Gasteiger partial charge in [0, 0.05) is 36.5 Å². The summed E-state index contributed by atoms with van der Waals surface area (Å²) in [5.74, 6) is 1.03. The third kappa shape index (κ3) is 3.34. The third-order valence-electron chi connectivity index (χ3n) is 6.43. The number of alkyl halides is 1. The predicted molar refractivity (Wildman–Crippen MR) is 92.8 cm³/mol. The molecule has 0 aromatic heterocycles. The van der Waals surface area contributed by atoms with Crippen molar-refractivity contribution in [2.24, 2.45) is 11.8 Å². The lowest BCUT2D eigenvalue weighted by atomic mass is 9.74. The molecule has 0 aromatic carbocycles. The molecule has 3 fully saturated rings. The molecule has 132 valence electrons. The molecule has 3 rings (SSSR count). The lowest BCUT2D eigenvalue weighted by Gasteiger charge is -2.55. The van der Waals surface area contributed by atoms with Crippen molar-refractivity contribution in [1.82, 2.24) is 10.2 Å². The summed E-state index contributed by atoms with van der Waals surface area (Å²) in [6.45, 7) is 6.49. The Morgan fingerprint density at radius 1 is 1.17 bits per heavy atom. The van der Waals surface area contributed by atoms with Gasteiger partial charge < -0.3 is 15.0 Å². The molecule has 3 aliphatic rings. The molecule has 0 aromatic rings. The van der Waals surface area contributed by atoms with Crippen LogP contribution in [0.4, 0.5) is 4.79 Å². The van der Waals surface area contributed by atoms with E-state index in [1.165, 1.54) is 6.42 Å². The summed E-state index contributed by atoms with van der Waals surface area (Å²) in [5.41, 5.74) is -0.251. The van der Waals surface area contributed by atoms with Gasteiger partial charge in [-0.25, -0.2) is 4.79 Å². The zero-order valence-corrected chi connectivity index (χ0v) is 15.6. The number of fused-ring (bicyclic) bond motifs is 2. The quantitative estimate of drug-likeness (QED) is 0.793. The summed E-state index contributed by atoms with van der Waals surface area (Å²) in [6, 6.07) is 1.31. The first-order valence-corrected chi connectivity index (χ1v) is 9.53. The van der Waals surface area contributed by atoms with Crippen LogP contribution in [0.1, 0.15) is 59.3 Å². The van der Waals surface area contributed by atoms with Crippen molar-refractivity contribution < 1.29 is 9.53 Å². The van der Waals surface area contributed by atoms with E-state index in [1.54, 1.807) is 7.11 Å². The predicted octanol–water partition coefficient (Wildman–Crippen LogP) is 3.77. The van der Waals surface area contributed by atoms with Crippen molar-refractivity contribution >= 4 is 17.6 Å². The van der Waals surface area contributed by atoms with Crippen molar-refractivity contribution in [1.29, 1.82) is 0 Å². The van der Waals surface area contributed by atoms with Crippen LogP contribution in [0.2, 0.25) is 0 Å². The van der Waals surface area contributed by atoms with E-state index in [0.717, 1.165) is 38.0 Å². The van der Waals surface area contributed by atoms with Crippen LogP contribution in [0.3, 0.4) is 0 Å². The lowest BCUT2D eigenvalue weighted by Crippen LogP contribution is -2.66. The second-order valence-corrected chi connectivity index (χ2v) is 8.98. The number of carbonyl (C=O) groups excluding carboxylic acids is 1. The molecule has 2 aliphatic heterocycles. The average Bonchev–Trinajstić information content (AvgIpc) is 2.48. The van der Waals surface area contributed by atoms with E-state index in [4.69, 9.17) is 16.3 Å². The number of carbonyl (C=O) groups is 1. The van der Waals surface area contributed by atoms with Gasteiger partial charge in [-0.05, 0) is 58.3 Å². The molecule has 4 nitrogen and oxygen atoms in total. The number of nitrogens with one attached hydrogen (secondary N) is 1. The molecule has 1 aliphatic carbocycles. The summed E-state index contributed by atoms with van der Waals surface area (Å²) in [4.78, 5) is 14.8. The molecule has 2 heterocycles. The first-order chi connectivity index (χ1) is 10.8. The van der Waals surface area contributed by atoms with Gasteiger partial charge in [0.2, 0.25) is 0 Å².